The largest absolute Gasteiger partial charge is 0.206 e. The standard InChI is InChI=1S/C14H13FS/c1-9-5-4-7-10-11-6-2-3-8-12(15)14(11)16-13(9)10/h4-5,7-8H,2-3,6H2,1H3. The predicted octanol–water partition coefficient (Wildman–Crippen LogP) is 4.86. The summed E-state index contributed by atoms with van der Waals surface area (Å²) in [5.74, 6) is -0.0203. The van der Waals surface area contributed by atoms with Gasteiger partial charge in [0.25, 0.3) is 0 Å². The summed E-state index contributed by atoms with van der Waals surface area (Å²) in [6.07, 6.45) is 4.65. The Kier molecular flexibility index (Phi) is 2.32. The third kappa shape index (κ3) is 1.40. The van der Waals surface area contributed by atoms with Crippen LogP contribution in [-0.4, -0.2) is 0 Å². The lowest BCUT2D eigenvalue weighted by Crippen LogP contribution is -1.84. The maximum absolute atomic E-state index is 13.9. The van der Waals surface area contributed by atoms with Crippen LogP contribution >= 0.6 is 11.3 Å². The van der Waals surface area contributed by atoms with E-state index >= 15 is 0 Å². The Morgan fingerprint density at radius 3 is 3.06 bits per heavy atom. The molecule has 0 N–H and O–H groups in total. The molecule has 82 valence electrons. The lowest BCUT2D eigenvalue weighted by Gasteiger charge is -1.99. The molecule has 1 aliphatic rings. The number of halogens is 1. The molecular formula is C14H13FS. The highest BCUT2D eigenvalue weighted by molar-refractivity contribution is 7.20. The van der Waals surface area contributed by atoms with Crippen molar-refractivity contribution in [1.29, 1.82) is 0 Å². The fourth-order valence-electron chi connectivity index (χ4n) is 2.35. The van der Waals surface area contributed by atoms with E-state index in [1.54, 1.807) is 17.4 Å². The minimum absolute atomic E-state index is 0.0203. The van der Waals surface area contributed by atoms with Gasteiger partial charge in [0.05, 0.1) is 4.88 Å². The van der Waals surface area contributed by atoms with Crippen LogP contribution in [-0.2, 0) is 6.42 Å². The van der Waals surface area contributed by atoms with Gasteiger partial charge in [-0.3, -0.25) is 0 Å². The van der Waals surface area contributed by atoms with Crippen molar-refractivity contribution in [3.63, 3.8) is 0 Å². The maximum atomic E-state index is 13.9. The molecule has 0 saturated heterocycles. The van der Waals surface area contributed by atoms with Crippen LogP contribution in [0.3, 0.4) is 0 Å². The molecule has 0 nitrogen and oxygen atoms in total. The summed E-state index contributed by atoms with van der Waals surface area (Å²) in [6, 6.07) is 6.28. The van der Waals surface area contributed by atoms with Crippen LogP contribution in [0.1, 0.15) is 28.8 Å². The van der Waals surface area contributed by atoms with Gasteiger partial charge in [-0.15, -0.1) is 11.3 Å². The molecule has 16 heavy (non-hydrogen) atoms. The van der Waals surface area contributed by atoms with Gasteiger partial charge in [-0.05, 0) is 48.8 Å². The second-order valence-corrected chi connectivity index (χ2v) is 5.33. The Labute approximate surface area is 98.4 Å². The first-order valence-corrected chi connectivity index (χ1v) is 6.46. The second-order valence-electron chi connectivity index (χ2n) is 4.31. The van der Waals surface area contributed by atoms with Crippen molar-refractivity contribution in [3.05, 3.63) is 40.3 Å². The zero-order valence-corrected chi connectivity index (χ0v) is 10.0. The number of allylic oxidation sites excluding steroid dienone is 1. The van der Waals surface area contributed by atoms with E-state index in [4.69, 9.17) is 0 Å². The van der Waals surface area contributed by atoms with Gasteiger partial charge in [0, 0.05) is 4.70 Å². The normalized spacial score (nSPS) is 15.8. The van der Waals surface area contributed by atoms with Crippen LogP contribution in [0.5, 0.6) is 0 Å². The highest BCUT2D eigenvalue weighted by Gasteiger charge is 2.18. The van der Waals surface area contributed by atoms with Crippen molar-refractivity contribution in [2.75, 3.05) is 0 Å². The van der Waals surface area contributed by atoms with Crippen molar-refractivity contribution >= 4 is 27.2 Å². The lowest BCUT2D eigenvalue weighted by molar-refractivity contribution is 0.758. The third-order valence-electron chi connectivity index (χ3n) is 3.19. The van der Waals surface area contributed by atoms with Gasteiger partial charge in [0.1, 0.15) is 5.83 Å². The Morgan fingerprint density at radius 1 is 1.31 bits per heavy atom. The van der Waals surface area contributed by atoms with E-state index in [0.717, 1.165) is 24.1 Å². The number of aryl methyl sites for hydroxylation is 2. The van der Waals surface area contributed by atoms with Crippen LogP contribution in [0, 0.1) is 6.92 Å². The number of hydrogen-bond acceptors (Lipinski definition) is 1. The molecule has 0 amide bonds. The molecule has 1 heterocycles. The first-order valence-electron chi connectivity index (χ1n) is 5.64. The number of benzene rings is 1. The molecular weight excluding hydrogens is 219 g/mol. The van der Waals surface area contributed by atoms with Crippen molar-refractivity contribution in [2.24, 2.45) is 0 Å². The van der Waals surface area contributed by atoms with Crippen LogP contribution in [0.4, 0.5) is 4.39 Å². The summed E-state index contributed by atoms with van der Waals surface area (Å²) < 4.78 is 15.1. The number of thiophene rings is 1. The van der Waals surface area contributed by atoms with E-state index in [0.29, 0.717) is 0 Å². The third-order valence-corrected chi connectivity index (χ3v) is 4.58. The van der Waals surface area contributed by atoms with Gasteiger partial charge in [-0.1, -0.05) is 18.2 Å². The second kappa shape index (κ2) is 3.70. The Bertz CT molecular complexity index is 578. The molecule has 0 saturated carbocycles. The molecule has 0 unspecified atom stereocenters. The van der Waals surface area contributed by atoms with E-state index < -0.39 is 0 Å². The van der Waals surface area contributed by atoms with Gasteiger partial charge in [-0.25, -0.2) is 4.39 Å². The van der Waals surface area contributed by atoms with E-state index in [-0.39, 0.29) is 5.83 Å². The van der Waals surface area contributed by atoms with Crippen molar-refractivity contribution in [2.45, 2.75) is 26.2 Å². The topological polar surface area (TPSA) is 0 Å². The summed E-state index contributed by atoms with van der Waals surface area (Å²) in [5.41, 5.74) is 2.47. The van der Waals surface area contributed by atoms with Crippen LogP contribution in [0.2, 0.25) is 0 Å². The molecule has 0 radical (unpaired) electrons. The van der Waals surface area contributed by atoms with E-state index in [1.807, 2.05) is 0 Å². The zero-order chi connectivity index (χ0) is 11.1. The molecule has 0 fully saturated rings. The number of rotatable bonds is 0. The van der Waals surface area contributed by atoms with Crippen LogP contribution in [0.15, 0.2) is 24.3 Å². The Morgan fingerprint density at radius 2 is 2.19 bits per heavy atom. The minimum Gasteiger partial charge on any atom is -0.206 e. The van der Waals surface area contributed by atoms with Crippen LogP contribution < -0.4 is 0 Å². The first kappa shape index (κ1) is 10.0. The van der Waals surface area contributed by atoms with E-state index in [2.05, 4.69) is 25.1 Å². The molecule has 0 atom stereocenters. The highest BCUT2D eigenvalue weighted by atomic mass is 32.1. The molecule has 1 aliphatic carbocycles. The maximum Gasteiger partial charge on any atom is 0.136 e. The smallest absolute Gasteiger partial charge is 0.136 e. The summed E-state index contributed by atoms with van der Waals surface area (Å²) in [4.78, 5) is 0.863. The summed E-state index contributed by atoms with van der Waals surface area (Å²) in [5, 5.41) is 1.26. The first-order chi connectivity index (χ1) is 7.77. The van der Waals surface area contributed by atoms with Gasteiger partial charge < -0.3 is 0 Å². The molecule has 0 spiro atoms. The Hall–Kier alpha value is -1.15. The summed E-state index contributed by atoms with van der Waals surface area (Å²) in [6.45, 7) is 2.10. The molecule has 3 rings (SSSR count). The van der Waals surface area contributed by atoms with E-state index in [9.17, 15) is 4.39 Å². The number of hydrogen-bond donors (Lipinski definition) is 0. The van der Waals surface area contributed by atoms with Crippen molar-refractivity contribution in [3.8, 4) is 0 Å². The average molecular weight is 232 g/mol. The quantitative estimate of drug-likeness (QED) is 0.608. The summed E-state index contributed by atoms with van der Waals surface area (Å²) >= 11 is 1.60. The average Bonchev–Trinajstić information content (AvgIpc) is 2.55. The molecule has 0 aliphatic heterocycles. The molecule has 1 aromatic carbocycles. The lowest BCUT2D eigenvalue weighted by atomic mass is 10.0. The van der Waals surface area contributed by atoms with Crippen molar-refractivity contribution < 1.29 is 4.39 Å². The molecule has 0 bridgehead atoms. The van der Waals surface area contributed by atoms with Crippen LogP contribution in [0.25, 0.3) is 15.9 Å². The fraction of sp³-hybridized carbons (Fsp3) is 0.286. The van der Waals surface area contributed by atoms with Gasteiger partial charge >= 0.3 is 0 Å². The monoisotopic (exact) mass is 232 g/mol. The predicted molar refractivity (Wildman–Crippen MR) is 68.6 cm³/mol. The van der Waals surface area contributed by atoms with Gasteiger partial charge in [0.15, 0.2) is 0 Å². The molecule has 2 heteroatoms. The number of fused-ring (bicyclic) bond motifs is 3. The van der Waals surface area contributed by atoms with Crippen molar-refractivity contribution in [1.82, 2.24) is 0 Å². The molecule has 1 aromatic heterocycles. The Balaban J connectivity index is 2.37. The molecule has 2 aromatic rings. The fourth-order valence-corrected chi connectivity index (χ4v) is 3.60. The minimum atomic E-state index is -0.0203. The van der Waals surface area contributed by atoms with Gasteiger partial charge in [-0.2, -0.15) is 0 Å². The summed E-state index contributed by atoms with van der Waals surface area (Å²) in [7, 11) is 0. The van der Waals surface area contributed by atoms with E-state index in [1.165, 1.54) is 21.2 Å². The van der Waals surface area contributed by atoms with Gasteiger partial charge in [0.2, 0.25) is 0 Å². The zero-order valence-electron chi connectivity index (χ0n) is 9.22. The highest BCUT2D eigenvalue weighted by Crippen LogP contribution is 2.40. The SMILES string of the molecule is Cc1cccc2c3c(sc12)C(F)=CCCC3.